The molecule has 4 aromatic rings. The molecular formula is C37H51N15O12. The number of carbonyl (C=O) groups is 8. The Balaban J connectivity index is 1.55. The van der Waals surface area contributed by atoms with Crippen LogP contribution in [0.15, 0.2) is 50.1 Å². The number of nitrogens with one attached hydrogen (secondary N) is 10. The fourth-order valence-corrected chi connectivity index (χ4v) is 6.05. The van der Waals surface area contributed by atoms with Gasteiger partial charge in [0.25, 0.3) is 0 Å². The number of hydrogen-bond donors (Lipinski definition) is 15. The molecule has 0 aliphatic rings. The van der Waals surface area contributed by atoms with Gasteiger partial charge in [0.15, 0.2) is 0 Å². The molecule has 4 aromatic heterocycles. The maximum absolute atomic E-state index is 14.0. The summed E-state index contributed by atoms with van der Waals surface area (Å²) in [5.74, 6) is -8.79. The molecule has 0 unspecified atom stereocenters. The highest BCUT2D eigenvalue weighted by atomic mass is 16.4. The molecule has 346 valence electrons. The molecule has 0 aromatic carbocycles. The lowest BCUT2D eigenvalue weighted by Crippen LogP contribution is -2.62. The third-order valence-corrected chi connectivity index (χ3v) is 9.59. The van der Waals surface area contributed by atoms with E-state index in [1.54, 1.807) is 0 Å². The van der Waals surface area contributed by atoms with Crippen molar-refractivity contribution >= 4 is 47.4 Å². The van der Waals surface area contributed by atoms with Gasteiger partial charge in [-0.05, 0) is 20.3 Å². The highest BCUT2D eigenvalue weighted by molar-refractivity contribution is 5.97. The first kappa shape index (κ1) is 49.1. The molecule has 16 N–H and O–H groups in total. The van der Waals surface area contributed by atoms with Gasteiger partial charge >= 0.3 is 11.9 Å². The van der Waals surface area contributed by atoms with E-state index in [0.29, 0.717) is 22.8 Å². The number of imidazole rings is 4. The average molecular weight is 898 g/mol. The van der Waals surface area contributed by atoms with E-state index in [9.17, 15) is 58.8 Å². The highest BCUT2D eigenvalue weighted by Gasteiger charge is 2.36. The van der Waals surface area contributed by atoms with Crippen LogP contribution in [0.4, 0.5) is 0 Å². The Morgan fingerprint density at radius 2 is 0.859 bits per heavy atom. The highest BCUT2D eigenvalue weighted by Crippen LogP contribution is 2.09. The van der Waals surface area contributed by atoms with E-state index in [1.807, 2.05) is 0 Å². The third kappa shape index (κ3) is 15.1. The lowest BCUT2D eigenvalue weighted by atomic mass is 10.0. The quantitative estimate of drug-likeness (QED) is 0.0280. The van der Waals surface area contributed by atoms with E-state index in [0.717, 1.165) is 6.92 Å². The van der Waals surface area contributed by atoms with Gasteiger partial charge in [-0.3, -0.25) is 33.6 Å². The minimum atomic E-state index is -1.81. The van der Waals surface area contributed by atoms with Crippen molar-refractivity contribution < 1.29 is 58.8 Å². The Morgan fingerprint density at radius 1 is 0.516 bits per heavy atom. The number of nitrogens with two attached hydrogens (primary N) is 1. The first-order valence-corrected chi connectivity index (χ1v) is 19.7. The molecule has 4 rings (SSSR count). The number of carbonyl (C=O) groups excluding carboxylic acids is 6. The maximum atomic E-state index is 14.0. The molecule has 0 saturated carbocycles. The van der Waals surface area contributed by atoms with Crippen molar-refractivity contribution in [2.24, 2.45) is 5.73 Å². The van der Waals surface area contributed by atoms with E-state index < -0.39 is 115 Å². The Labute approximate surface area is 363 Å². The molecule has 0 spiro atoms. The predicted molar refractivity (Wildman–Crippen MR) is 217 cm³/mol. The van der Waals surface area contributed by atoms with Crippen molar-refractivity contribution in [2.75, 3.05) is 0 Å². The molecule has 27 heteroatoms. The van der Waals surface area contributed by atoms with Crippen LogP contribution in [0, 0.1) is 0 Å². The topological polar surface area (TPSA) is 430 Å². The zero-order valence-electron chi connectivity index (χ0n) is 34.5. The normalized spacial score (nSPS) is 15.4. The first-order chi connectivity index (χ1) is 30.4. The minimum absolute atomic E-state index is 0.162. The zero-order valence-corrected chi connectivity index (χ0v) is 34.5. The zero-order chi connectivity index (χ0) is 46.9. The average Bonchev–Trinajstić information content (AvgIpc) is 4.10. The number of carboxylic acid groups (broad SMARTS) is 2. The number of H-pyrrole nitrogens is 4. The SMILES string of the molecule is C[C@@H](O)[C@H](N)C(=O)N[C@@H](Cc1cnc[nH]1)C(=O)N[C@@H](Cc1cnc[nH]1)C(=O)N[C@H](C(=O)N[C@@H](Cc1cnc[nH]1)C(=O)N[C@@H](CCC(=O)O)C(=O)N[C@@H](Cc1cnc[nH]1)C(=O)O)[C@@H](C)O. The van der Waals surface area contributed by atoms with Crippen LogP contribution < -0.4 is 37.6 Å². The Kier molecular flexibility index (Phi) is 18.1. The number of aliphatic hydroxyl groups excluding tert-OH is 2. The summed E-state index contributed by atoms with van der Waals surface area (Å²) in [6, 6.07) is -10.8. The number of nitrogens with zero attached hydrogens (tertiary/aromatic N) is 4. The molecule has 0 saturated heterocycles. The molecule has 6 amide bonds. The lowest BCUT2D eigenvalue weighted by molar-refractivity contribution is -0.143. The smallest absolute Gasteiger partial charge is 0.326 e. The van der Waals surface area contributed by atoms with Crippen molar-refractivity contribution in [3.05, 3.63) is 72.9 Å². The number of aromatic nitrogens is 8. The second-order valence-electron chi connectivity index (χ2n) is 14.7. The molecule has 27 nitrogen and oxygen atoms in total. The number of aliphatic carboxylic acids is 2. The van der Waals surface area contributed by atoms with Gasteiger partial charge in [-0.1, -0.05) is 0 Å². The molecule has 0 radical (unpaired) electrons. The second kappa shape index (κ2) is 23.6. The number of aromatic amines is 4. The van der Waals surface area contributed by atoms with Gasteiger partial charge in [0, 0.05) is 79.7 Å². The number of aliphatic hydroxyl groups is 2. The van der Waals surface area contributed by atoms with Crippen molar-refractivity contribution in [3.8, 4) is 0 Å². The van der Waals surface area contributed by atoms with E-state index in [2.05, 4.69) is 71.8 Å². The van der Waals surface area contributed by atoms with Crippen LogP contribution in [0.3, 0.4) is 0 Å². The van der Waals surface area contributed by atoms with Crippen molar-refractivity contribution in [3.63, 3.8) is 0 Å². The Morgan fingerprint density at radius 3 is 1.22 bits per heavy atom. The van der Waals surface area contributed by atoms with E-state index in [1.165, 1.54) is 57.0 Å². The van der Waals surface area contributed by atoms with Crippen LogP contribution in [0.1, 0.15) is 49.5 Å². The molecule has 64 heavy (non-hydrogen) atoms. The predicted octanol–water partition coefficient (Wildman–Crippen LogP) is -5.20. The summed E-state index contributed by atoms with van der Waals surface area (Å²) in [7, 11) is 0. The standard InChI is InChI=1S/C37H51N15O12/c1-17(53)29(38)35(61)49-24(5-19-9-39-13-43-19)33(59)48-26(7-21-11-41-15-45-21)34(60)52-30(18(2)54)36(62)50-25(6-20-10-40-14-44-20)32(58)47-23(3-4-28(55)56)31(57)51-27(37(63)64)8-22-12-42-16-46-22/h9-18,23-27,29-30,53-54H,3-8,38H2,1-2H3,(H,39,43)(H,40,44)(H,41,45)(H,42,46)(H,47,58)(H,48,59)(H,49,61)(H,50,62)(H,51,57)(H,52,60)(H,55,56)(H,63,64)/t17-,18-,23+,24+,25+,26+,27+,29+,30+/m1/s1. The fourth-order valence-electron chi connectivity index (χ4n) is 6.05. The van der Waals surface area contributed by atoms with Crippen LogP contribution in [0.5, 0.6) is 0 Å². The summed E-state index contributed by atoms with van der Waals surface area (Å²) in [5.41, 5.74) is 7.19. The lowest BCUT2D eigenvalue weighted by Gasteiger charge is -2.28. The van der Waals surface area contributed by atoms with E-state index in [-0.39, 0.29) is 25.7 Å². The van der Waals surface area contributed by atoms with Crippen LogP contribution in [-0.2, 0) is 64.0 Å². The third-order valence-electron chi connectivity index (χ3n) is 9.59. The molecular weight excluding hydrogens is 846 g/mol. The summed E-state index contributed by atoms with van der Waals surface area (Å²) in [5, 5.41) is 54.3. The summed E-state index contributed by atoms with van der Waals surface area (Å²) < 4.78 is 0. The van der Waals surface area contributed by atoms with Crippen molar-refractivity contribution in [2.45, 2.75) is 107 Å². The molecule has 0 fully saturated rings. The van der Waals surface area contributed by atoms with E-state index >= 15 is 0 Å². The molecule has 4 heterocycles. The van der Waals surface area contributed by atoms with Crippen LogP contribution in [0.2, 0.25) is 0 Å². The Hall–Kier alpha value is -7.52. The van der Waals surface area contributed by atoms with Crippen molar-refractivity contribution in [1.82, 2.24) is 71.8 Å². The number of carboxylic acids is 2. The summed E-state index contributed by atoms with van der Waals surface area (Å²) in [6.07, 6.45) is 5.62. The van der Waals surface area contributed by atoms with Gasteiger partial charge in [0.1, 0.15) is 42.3 Å². The number of amides is 6. The van der Waals surface area contributed by atoms with Crippen LogP contribution in [0.25, 0.3) is 0 Å². The second-order valence-corrected chi connectivity index (χ2v) is 14.7. The van der Waals surface area contributed by atoms with Crippen LogP contribution >= 0.6 is 0 Å². The molecule has 0 aliphatic carbocycles. The maximum Gasteiger partial charge on any atom is 0.326 e. The number of hydrogen-bond acceptors (Lipinski definition) is 15. The van der Waals surface area contributed by atoms with Crippen molar-refractivity contribution in [1.29, 1.82) is 0 Å². The first-order valence-electron chi connectivity index (χ1n) is 19.7. The summed E-state index contributed by atoms with van der Waals surface area (Å²) in [6.45, 7) is 2.44. The molecule has 0 bridgehead atoms. The molecule has 0 aliphatic heterocycles. The summed E-state index contributed by atoms with van der Waals surface area (Å²) in [4.78, 5) is 132. The minimum Gasteiger partial charge on any atom is -0.481 e. The van der Waals surface area contributed by atoms with E-state index in [4.69, 9.17) is 5.73 Å². The van der Waals surface area contributed by atoms with Gasteiger partial charge in [0.05, 0.1) is 37.5 Å². The Bertz CT molecular complexity index is 2150. The van der Waals surface area contributed by atoms with Gasteiger partial charge in [-0.25, -0.2) is 24.7 Å². The fraction of sp³-hybridized carbons (Fsp3) is 0.459. The largest absolute Gasteiger partial charge is 0.481 e. The van der Waals surface area contributed by atoms with Gasteiger partial charge in [-0.2, -0.15) is 0 Å². The summed E-state index contributed by atoms with van der Waals surface area (Å²) >= 11 is 0. The molecule has 9 atom stereocenters. The van der Waals surface area contributed by atoms with Gasteiger partial charge in [0.2, 0.25) is 35.4 Å². The van der Waals surface area contributed by atoms with Gasteiger partial charge < -0.3 is 78.0 Å². The monoisotopic (exact) mass is 897 g/mol. The van der Waals surface area contributed by atoms with Gasteiger partial charge in [-0.15, -0.1) is 0 Å². The number of rotatable bonds is 26. The van der Waals surface area contributed by atoms with Crippen LogP contribution in [-0.4, -0.2) is 162 Å².